The first-order valence-electron chi connectivity index (χ1n) is 8.66. The zero-order valence-electron chi connectivity index (χ0n) is 14.1. The molecule has 2 aromatic rings. The normalized spacial score (nSPS) is 18.3. The molecule has 24 heavy (non-hydrogen) atoms. The molecule has 0 radical (unpaired) electrons. The summed E-state index contributed by atoms with van der Waals surface area (Å²) >= 11 is 0. The molecule has 0 unspecified atom stereocenters. The second-order valence-corrected chi connectivity index (χ2v) is 6.40. The van der Waals surface area contributed by atoms with Gasteiger partial charge in [-0.25, -0.2) is 9.97 Å². The fraction of sp³-hybridized carbons (Fsp3) is 0.529. The van der Waals surface area contributed by atoms with Crippen LogP contribution < -0.4 is 14.7 Å². The predicted molar refractivity (Wildman–Crippen MR) is 94.7 cm³/mol. The molecule has 2 aromatic heterocycles. The van der Waals surface area contributed by atoms with Gasteiger partial charge >= 0.3 is 0 Å². The van der Waals surface area contributed by atoms with Gasteiger partial charge in [0.25, 0.3) is 0 Å². The van der Waals surface area contributed by atoms with Crippen molar-refractivity contribution in [1.29, 1.82) is 0 Å². The van der Waals surface area contributed by atoms with Gasteiger partial charge < -0.3 is 14.7 Å². The van der Waals surface area contributed by atoms with Crippen molar-refractivity contribution in [3.05, 3.63) is 30.4 Å². The molecule has 2 aliphatic rings. The number of nitrogens with zero attached hydrogens (tertiary/aromatic N) is 7. The van der Waals surface area contributed by atoms with Crippen LogP contribution in [0, 0.1) is 6.92 Å². The summed E-state index contributed by atoms with van der Waals surface area (Å²) in [6.07, 6.45) is 7.79. The van der Waals surface area contributed by atoms with Crippen LogP contribution >= 0.6 is 0 Å². The van der Waals surface area contributed by atoms with E-state index in [1.54, 1.807) is 12.4 Å². The van der Waals surface area contributed by atoms with Gasteiger partial charge in [-0.2, -0.15) is 4.98 Å². The van der Waals surface area contributed by atoms with Crippen LogP contribution in [-0.4, -0.2) is 59.2 Å². The van der Waals surface area contributed by atoms with Crippen LogP contribution in [0.4, 0.5) is 17.6 Å². The summed E-state index contributed by atoms with van der Waals surface area (Å²) in [5, 5.41) is 0. The van der Waals surface area contributed by atoms with Crippen LogP contribution in [0.3, 0.4) is 0 Å². The van der Waals surface area contributed by atoms with E-state index in [-0.39, 0.29) is 0 Å². The highest BCUT2D eigenvalue weighted by atomic mass is 15.3. The summed E-state index contributed by atoms with van der Waals surface area (Å²) in [7, 11) is 0. The van der Waals surface area contributed by atoms with Gasteiger partial charge in [0, 0.05) is 63.4 Å². The van der Waals surface area contributed by atoms with Crippen molar-refractivity contribution in [3.8, 4) is 0 Å². The van der Waals surface area contributed by atoms with E-state index in [0.717, 1.165) is 62.5 Å². The maximum atomic E-state index is 4.83. The minimum absolute atomic E-state index is 0.857. The lowest BCUT2D eigenvalue weighted by Gasteiger charge is -2.35. The largest absolute Gasteiger partial charge is 0.356 e. The minimum atomic E-state index is 0.857. The highest BCUT2D eigenvalue weighted by Gasteiger charge is 2.22. The number of aromatic nitrogens is 4. The SMILES string of the molecule is Cc1cc(N2CCCC2)nc(N2CCN(c3cnccn3)CC2)n1. The molecule has 2 fully saturated rings. The average molecular weight is 325 g/mol. The molecule has 0 spiro atoms. The van der Waals surface area contributed by atoms with Crippen LogP contribution in [0.5, 0.6) is 0 Å². The van der Waals surface area contributed by atoms with Gasteiger partial charge in [0.1, 0.15) is 11.6 Å². The maximum absolute atomic E-state index is 4.83. The Bertz CT molecular complexity index is 677. The third-order valence-electron chi connectivity index (χ3n) is 4.69. The topological polar surface area (TPSA) is 61.3 Å². The van der Waals surface area contributed by atoms with Gasteiger partial charge in [0.15, 0.2) is 0 Å². The van der Waals surface area contributed by atoms with Crippen molar-refractivity contribution < 1.29 is 0 Å². The summed E-state index contributed by atoms with van der Waals surface area (Å²) in [5.74, 6) is 2.88. The molecule has 0 aliphatic carbocycles. The van der Waals surface area contributed by atoms with Crippen LogP contribution in [0.15, 0.2) is 24.7 Å². The molecule has 2 aliphatic heterocycles. The van der Waals surface area contributed by atoms with Gasteiger partial charge in [-0.15, -0.1) is 0 Å². The predicted octanol–water partition coefficient (Wildman–Crippen LogP) is 1.50. The molecule has 0 bridgehead atoms. The second kappa shape index (κ2) is 6.59. The van der Waals surface area contributed by atoms with Crippen molar-refractivity contribution >= 4 is 17.6 Å². The highest BCUT2D eigenvalue weighted by Crippen LogP contribution is 2.22. The number of hydrogen-bond donors (Lipinski definition) is 0. The zero-order valence-corrected chi connectivity index (χ0v) is 14.1. The molecule has 4 heterocycles. The lowest BCUT2D eigenvalue weighted by molar-refractivity contribution is 0.632. The molecule has 4 rings (SSSR count). The Morgan fingerprint density at radius 1 is 0.792 bits per heavy atom. The Morgan fingerprint density at radius 2 is 1.50 bits per heavy atom. The van der Waals surface area contributed by atoms with Crippen molar-refractivity contribution in [2.45, 2.75) is 19.8 Å². The lowest BCUT2D eigenvalue weighted by atomic mass is 10.3. The summed E-state index contributed by atoms with van der Waals surface area (Å²) in [4.78, 5) is 25.0. The summed E-state index contributed by atoms with van der Waals surface area (Å²) in [6, 6.07) is 2.10. The molecule has 0 N–H and O–H groups in total. The van der Waals surface area contributed by atoms with Gasteiger partial charge in [0.2, 0.25) is 5.95 Å². The van der Waals surface area contributed by atoms with Crippen LogP contribution in [0.25, 0.3) is 0 Å². The minimum Gasteiger partial charge on any atom is -0.356 e. The average Bonchev–Trinajstić information content (AvgIpc) is 3.17. The first kappa shape index (κ1) is 15.1. The van der Waals surface area contributed by atoms with E-state index in [2.05, 4.69) is 42.6 Å². The summed E-state index contributed by atoms with van der Waals surface area (Å²) < 4.78 is 0. The molecule has 0 atom stereocenters. The smallest absolute Gasteiger partial charge is 0.227 e. The van der Waals surface area contributed by atoms with Crippen LogP contribution in [0.1, 0.15) is 18.5 Å². The third-order valence-corrected chi connectivity index (χ3v) is 4.69. The van der Waals surface area contributed by atoms with Gasteiger partial charge in [-0.3, -0.25) is 4.98 Å². The third kappa shape index (κ3) is 3.11. The van der Waals surface area contributed by atoms with E-state index in [0.29, 0.717) is 0 Å². The van der Waals surface area contributed by atoms with Crippen molar-refractivity contribution in [3.63, 3.8) is 0 Å². The van der Waals surface area contributed by atoms with E-state index in [1.165, 1.54) is 12.8 Å². The molecule has 0 saturated carbocycles. The number of piperazine rings is 1. The van der Waals surface area contributed by atoms with E-state index in [9.17, 15) is 0 Å². The number of hydrogen-bond acceptors (Lipinski definition) is 7. The molecule has 7 nitrogen and oxygen atoms in total. The first-order valence-corrected chi connectivity index (χ1v) is 8.66. The Kier molecular flexibility index (Phi) is 4.15. The van der Waals surface area contributed by atoms with E-state index in [4.69, 9.17) is 4.98 Å². The highest BCUT2D eigenvalue weighted by molar-refractivity contribution is 5.48. The van der Waals surface area contributed by atoms with Crippen molar-refractivity contribution in [2.24, 2.45) is 0 Å². The number of aryl methyl sites for hydroxylation is 1. The Hall–Kier alpha value is -2.44. The zero-order chi connectivity index (χ0) is 16.4. The second-order valence-electron chi connectivity index (χ2n) is 6.40. The van der Waals surface area contributed by atoms with Gasteiger partial charge in [-0.1, -0.05) is 0 Å². The Balaban J connectivity index is 1.47. The van der Waals surface area contributed by atoms with Crippen LogP contribution in [-0.2, 0) is 0 Å². The van der Waals surface area contributed by atoms with E-state index in [1.807, 2.05) is 6.20 Å². The molecule has 7 heteroatoms. The fourth-order valence-corrected chi connectivity index (χ4v) is 3.38. The van der Waals surface area contributed by atoms with E-state index >= 15 is 0 Å². The molecule has 2 saturated heterocycles. The standard InChI is InChI=1S/C17H23N7/c1-14-12-15(22-6-2-3-7-22)21-17(20-14)24-10-8-23(9-11-24)16-13-18-4-5-19-16/h4-5,12-13H,2-3,6-11H2,1H3. The molecular weight excluding hydrogens is 302 g/mol. The fourth-order valence-electron chi connectivity index (χ4n) is 3.38. The Labute approximate surface area is 142 Å². The summed E-state index contributed by atoms with van der Waals surface area (Å²) in [5.41, 5.74) is 1.04. The summed E-state index contributed by atoms with van der Waals surface area (Å²) in [6.45, 7) is 7.90. The van der Waals surface area contributed by atoms with Crippen molar-refractivity contribution in [1.82, 2.24) is 19.9 Å². The van der Waals surface area contributed by atoms with Gasteiger partial charge in [0.05, 0.1) is 6.20 Å². The maximum Gasteiger partial charge on any atom is 0.227 e. The quantitative estimate of drug-likeness (QED) is 0.847. The molecule has 0 amide bonds. The lowest BCUT2D eigenvalue weighted by Crippen LogP contribution is -2.47. The monoisotopic (exact) mass is 325 g/mol. The first-order chi connectivity index (χ1) is 11.8. The Morgan fingerprint density at radius 3 is 2.21 bits per heavy atom. The van der Waals surface area contributed by atoms with Crippen molar-refractivity contribution in [2.75, 3.05) is 54.0 Å². The van der Waals surface area contributed by atoms with Gasteiger partial charge in [-0.05, 0) is 19.8 Å². The number of rotatable bonds is 3. The molecule has 126 valence electrons. The molecular formula is C17H23N7. The van der Waals surface area contributed by atoms with Crippen LogP contribution in [0.2, 0.25) is 0 Å². The van der Waals surface area contributed by atoms with E-state index < -0.39 is 0 Å². The number of anilines is 3. The molecule has 0 aromatic carbocycles.